The summed E-state index contributed by atoms with van der Waals surface area (Å²) in [5.41, 5.74) is 7.48. The maximum atomic E-state index is 5.12. The predicted octanol–water partition coefficient (Wildman–Crippen LogP) is 11.5. The average molecular weight is 598 g/mol. The molecule has 218 valence electrons. The Morgan fingerprint density at radius 2 is 1.04 bits per heavy atom. The lowest BCUT2D eigenvalue weighted by atomic mass is 9.93. The summed E-state index contributed by atoms with van der Waals surface area (Å²) in [5.74, 6) is 0.722. The van der Waals surface area contributed by atoms with Gasteiger partial charge in [0.15, 0.2) is 5.82 Å². The highest BCUT2D eigenvalue weighted by Crippen LogP contribution is 2.44. The van der Waals surface area contributed by atoms with Gasteiger partial charge in [-0.05, 0) is 63.3 Å². The van der Waals surface area contributed by atoms with Crippen LogP contribution < -0.4 is 0 Å². The van der Waals surface area contributed by atoms with Crippen molar-refractivity contribution in [1.82, 2.24) is 14.5 Å². The molecule has 0 radical (unpaired) electrons. The van der Waals surface area contributed by atoms with Crippen LogP contribution in [0.15, 0.2) is 164 Å². The maximum Gasteiger partial charge on any atom is 0.160 e. The van der Waals surface area contributed by atoms with Crippen molar-refractivity contribution in [3.63, 3.8) is 0 Å². The first-order valence-corrected chi connectivity index (χ1v) is 16.0. The highest BCUT2D eigenvalue weighted by molar-refractivity contribution is 6.36. The standard InChI is InChI=1S/C44H27N3/c1-2-13-29(14-3-1)42-35-18-8-10-20-38(35)45-44(46-42)30-22-25-31(26-23-30)47-39-21-11-9-19-36(39)41-37-27-24-28-12-4-5-15-32(28)40(37)33-16-6-7-17-34(33)43(41)47/h1-27H. The molecular formula is C44H27N3. The van der Waals surface area contributed by atoms with E-state index in [4.69, 9.17) is 9.97 Å². The summed E-state index contributed by atoms with van der Waals surface area (Å²) in [6.45, 7) is 0. The Bertz CT molecular complexity index is 2830. The van der Waals surface area contributed by atoms with Crippen LogP contribution in [0.5, 0.6) is 0 Å². The van der Waals surface area contributed by atoms with Crippen LogP contribution in [0.2, 0.25) is 0 Å². The summed E-state index contributed by atoms with van der Waals surface area (Å²) in [6.07, 6.45) is 0. The van der Waals surface area contributed by atoms with Crippen LogP contribution in [0.3, 0.4) is 0 Å². The zero-order valence-corrected chi connectivity index (χ0v) is 25.4. The molecule has 3 nitrogen and oxygen atoms in total. The number of fused-ring (bicyclic) bond motifs is 11. The van der Waals surface area contributed by atoms with E-state index >= 15 is 0 Å². The lowest BCUT2D eigenvalue weighted by Crippen LogP contribution is -1.97. The Labute approximate surface area is 271 Å². The van der Waals surface area contributed by atoms with Crippen LogP contribution in [0.25, 0.3) is 93.4 Å². The first-order valence-electron chi connectivity index (χ1n) is 16.0. The second kappa shape index (κ2) is 10.1. The van der Waals surface area contributed by atoms with Crippen LogP contribution in [0.1, 0.15) is 0 Å². The van der Waals surface area contributed by atoms with Gasteiger partial charge < -0.3 is 4.57 Å². The van der Waals surface area contributed by atoms with Gasteiger partial charge in [-0.2, -0.15) is 0 Å². The van der Waals surface area contributed by atoms with Crippen molar-refractivity contribution in [2.45, 2.75) is 0 Å². The maximum absolute atomic E-state index is 5.12. The molecule has 0 N–H and O–H groups in total. The van der Waals surface area contributed by atoms with Crippen molar-refractivity contribution in [1.29, 1.82) is 0 Å². The van der Waals surface area contributed by atoms with Crippen molar-refractivity contribution < 1.29 is 0 Å². The second-order valence-corrected chi connectivity index (χ2v) is 12.2. The van der Waals surface area contributed by atoms with Gasteiger partial charge in [0.05, 0.1) is 22.2 Å². The molecule has 10 aromatic rings. The van der Waals surface area contributed by atoms with Gasteiger partial charge in [0.25, 0.3) is 0 Å². The van der Waals surface area contributed by atoms with Crippen LogP contribution in [0, 0.1) is 0 Å². The van der Waals surface area contributed by atoms with Crippen molar-refractivity contribution in [3.8, 4) is 28.3 Å². The molecule has 0 amide bonds. The van der Waals surface area contributed by atoms with Gasteiger partial charge in [-0.15, -0.1) is 0 Å². The van der Waals surface area contributed by atoms with E-state index in [1.165, 1.54) is 54.1 Å². The van der Waals surface area contributed by atoms with Crippen molar-refractivity contribution in [2.24, 2.45) is 0 Å². The Morgan fingerprint density at radius 3 is 1.87 bits per heavy atom. The van der Waals surface area contributed by atoms with Crippen molar-refractivity contribution >= 4 is 65.0 Å². The SMILES string of the molecule is c1ccc(-c2nc(-c3ccc(-n4c5ccccc5c5c6ccc7ccccc7c6c6ccccc6c54)cc3)nc3ccccc23)cc1. The molecule has 47 heavy (non-hydrogen) atoms. The summed E-state index contributed by atoms with van der Waals surface area (Å²) in [5, 5.41) is 11.2. The van der Waals surface area contributed by atoms with Crippen LogP contribution in [-0.4, -0.2) is 14.5 Å². The minimum absolute atomic E-state index is 0.722. The van der Waals surface area contributed by atoms with E-state index in [0.717, 1.165) is 39.2 Å². The smallest absolute Gasteiger partial charge is 0.160 e. The fourth-order valence-corrected chi connectivity index (χ4v) is 7.49. The molecule has 0 saturated carbocycles. The van der Waals surface area contributed by atoms with E-state index in [0.29, 0.717) is 0 Å². The molecule has 0 fully saturated rings. The van der Waals surface area contributed by atoms with E-state index in [-0.39, 0.29) is 0 Å². The molecule has 2 aromatic heterocycles. The Balaban J connectivity index is 1.23. The van der Waals surface area contributed by atoms with E-state index < -0.39 is 0 Å². The first kappa shape index (κ1) is 26.0. The molecule has 0 atom stereocenters. The Hall–Kier alpha value is -6.32. The molecule has 0 aliphatic heterocycles. The number of hydrogen-bond acceptors (Lipinski definition) is 2. The topological polar surface area (TPSA) is 30.7 Å². The highest BCUT2D eigenvalue weighted by atomic mass is 15.0. The third-order valence-electron chi connectivity index (χ3n) is 9.56. The molecule has 0 unspecified atom stereocenters. The monoisotopic (exact) mass is 597 g/mol. The third-order valence-corrected chi connectivity index (χ3v) is 9.56. The zero-order chi connectivity index (χ0) is 30.9. The average Bonchev–Trinajstić information content (AvgIpc) is 3.50. The summed E-state index contributed by atoms with van der Waals surface area (Å²) >= 11 is 0. The van der Waals surface area contributed by atoms with Gasteiger partial charge in [0.2, 0.25) is 0 Å². The zero-order valence-electron chi connectivity index (χ0n) is 25.4. The predicted molar refractivity (Wildman–Crippen MR) is 197 cm³/mol. The third kappa shape index (κ3) is 3.87. The van der Waals surface area contributed by atoms with Crippen LogP contribution in [0.4, 0.5) is 0 Å². The van der Waals surface area contributed by atoms with Gasteiger partial charge in [0.1, 0.15) is 0 Å². The van der Waals surface area contributed by atoms with E-state index in [1.54, 1.807) is 0 Å². The quantitative estimate of drug-likeness (QED) is 0.190. The molecule has 2 heterocycles. The van der Waals surface area contributed by atoms with Gasteiger partial charge in [-0.3, -0.25) is 0 Å². The van der Waals surface area contributed by atoms with E-state index in [1.807, 2.05) is 18.2 Å². The molecule has 0 spiro atoms. The van der Waals surface area contributed by atoms with Gasteiger partial charge >= 0.3 is 0 Å². The molecule has 10 rings (SSSR count). The lowest BCUT2D eigenvalue weighted by Gasteiger charge is -2.14. The largest absolute Gasteiger partial charge is 0.309 e. The van der Waals surface area contributed by atoms with Crippen LogP contribution >= 0.6 is 0 Å². The molecule has 0 aliphatic rings. The van der Waals surface area contributed by atoms with Gasteiger partial charge in [0, 0.05) is 38.4 Å². The number of rotatable bonds is 3. The Morgan fingerprint density at radius 1 is 0.383 bits per heavy atom. The molecule has 0 saturated heterocycles. The summed E-state index contributed by atoms with van der Waals surface area (Å²) < 4.78 is 2.43. The number of para-hydroxylation sites is 2. The minimum Gasteiger partial charge on any atom is -0.309 e. The minimum atomic E-state index is 0.722. The van der Waals surface area contributed by atoms with Crippen molar-refractivity contribution in [3.05, 3.63) is 164 Å². The normalized spacial score (nSPS) is 11.8. The molecule has 0 aliphatic carbocycles. The number of hydrogen-bond donors (Lipinski definition) is 0. The van der Waals surface area contributed by atoms with Crippen LogP contribution in [-0.2, 0) is 0 Å². The Kier molecular flexibility index (Phi) is 5.57. The molecule has 8 aromatic carbocycles. The molecule has 0 bridgehead atoms. The first-order chi connectivity index (χ1) is 23.3. The fraction of sp³-hybridized carbons (Fsp3) is 0. The molecule has 3 heteroatoms. The number of nitrogens with zero attached hydrogens (tertiary/aromatic N) is 3. The summed E-state index contributed by atoms with van der Waals surface area (Å²) in [6, 6.07) is 58.3. The lowest BCUT2D eigenvalue weighted by molar-refractivity contribution is 1.18. The summed E-state index contributed by atoms with van der Waals surface area (Å²) in [4.78, 5) is 10.1. The number of benzene rings is 8. The fourth-order valence-electron chi connectivity index (χ4n) is 7.49. The summed E-state index contributed by atoms with van der Waals surface area (Å²) in [7, 11) is 0. The van der Waals surface area contributed by atoms with Gasteiger partial charge in [-0.1, -0.05) is 127 Å². The van der Waals surface area contributed by atoms with E-state index in [2.05, 4.69) is 150 Å². The highest BCUT2D eigenvalue weighted by Gasteiger charge is 2.20. The molecular weight excluding hydrogens is 571 g/mol. The number of aromatic nitrogens is 3. The van der Waals surface area contributed by atoms with Crippen molar-refractivity contribution in [2.75, 3.05) is 0 Å². The van der Waals surface area contributed by atoms with Gasteiger partial charge in [-0.25, -0.2) is 9.97 Å². The second-order valence-electron chi connectivity index (χ2n) is 12.2. The van der Waals surface area contributed by atoms with E-state index in [9.17, 15) is 0 Å².